The molecule has 6 nitrogen and oxygen atoms in total. The quantitative estimate of drug-likeness (QED) is 0.786. The molecule has 6 heteroatoms. The van der Waals surface area contributed by atoms with E-state index in [1.54, 1.807) is 19.2 Å². The lowest BCUT2D eigenvalue weighted by Gasteiger charge is -2.09. The van der Waals surface area contributed by atoms with E-state index in [0.29, 0.717) is 24.4 Å². The summed E-state index contributed by atoms with van der Waals surface area (Å²) in [6.45, 7) is 1.34. The van der Waals surface area contributed by atoms with E-state index in [9.17, 15) is 0 Å². The number of benzene rings is 1. The van der Waals surface area contributed by atoms with E-state index in [4.69, 9.17) is 10.00 Å². The van der Waals surface area contributed by atoms with Crippen LogP contribution in [0.25, 0.3) is 0 Å². The zero-order valence-corrected chi connectivity index (χ0v) is 10.6. The second kappa shape index (κ2) is 6.52. The molecule has 19 heavy (non-hydrogen) atoms. The highest BCUT2D eigenvalue weighted by Gasteiger charge is 2.04. The van der Waals surface area contributed by atoms with E-state index >= 15 is 0 Å². The topological polar surface area (TPSA) is 84.0 Å². The van der Waals surface area contributed by atoms with Gasteiger partial charge in [0.25, 0.3) is 0 Å². The Hall–Kier alpha value is -2.39. The van der Waals surface area contributed by atoms with Crippen molar-refractivity contribution in [3.8, 4) is 11.8 Å². The number of nitriles is 1. The molecule has 1 N–H and O–H groups in total. The van der Waals surface area contributed by atoms with Crippen LogP contribution in [0.4, 0.5) is 0 Å². The number of ether oxygens (including phenoxy) is 1. The third-order valence-corrected chi connectivity index (χ3v) is 2.66. The molecule has 0 aliphatic heterocycles. The van der Waals surface area contributed by atoms with E-state index in [0.717, 1.165) is 17.9 Å². The molecule has 0 radical (unpaired) electrons. The zero-order valence-electron chi connectivity index (χ0n) is 10.6. The van der Waals surface area contributed by atoms with Crippen LogP contribution >= 0.6 is 0 Å². The summed E-state index contributed by atoms with van der Waals surface area (Å²) in [6, 6.07) is 7.47. The van der Waals surface area contributed by atoms with E-state index < -0.39 is 0 Å². The van der Waals surface area contributed by atoms with Crippen molar-refractivity contribution in [2.45, 2.75) is 13.0 Å². The summed E-state index contributed by atoms with van der Waals surface area (Å²) in [6.07, 6.45) is 2.01. The Morgan fingerprint density at radius 3 is 3.05 bits per heavy atom. The fraction of sp³-hybridized carbons (Fsp3) is 0.308. The Bertz CT molecular complexity index is 561. The molecule has 1 heterocycles. The predicted octanol–water partition coefficient (Wildman–Crippen LogP) is 1.28. The minimum absolute atomic E-state index is 0.621. The van der Waals surface area contributed by atoms with Crippen LogP contribution in [0.1, 0.15) is 17.0 Å². The number of rotatable bonds is 6. The van der Waals surface area contributed by atoms with Crippen LogP contribution in [-0.4, -0.2) is 23.8 Å². The van der Waals surface area contributed by atoms with E-state index in [1.807, 2.05) is 6.07 Å². The molecule has 1 aromatic carbocycles. The lowest BCUT2D eigenvalue weighted by molar-refractivity contribution is 0.405. The highest BCUT2D eigenvalue weighted by molar-refractivity contribution is 5.41. The van der Waals surface area contributed by atoms with Gasteiger partial charge in [0, 0.05) is 25.1 Å². The van der Waals surface area contributed by atoms with Gasteiger partial charge in [-0.15, -0.1) is 0 Å². The first-order valence-corrected chi connectivity index (χ1v) is 5.86. The Kier molecular flexibility index (Phi) is 4.48. The van der Waals surface area contributed by atoms with Crippen molar-refractivity contribution in [3.63, 3.8) is 0 Å². The molecule has 0 unspecified atom stereocenters. The van der Waals surface area contributed by atoms with Gasteiger partial charge in [-0.3, -0.25) is 0 Å². The van der Waals surface area contributed by atoms with Gasteiger partial charge in [0.05, 0.1) is 18.7 Å². The molecule has 98 valence electrons. The predicted molar refractivity (Wildman–Crippen MR) is 67.4 cm³/mol. The van der Waals surface area contributed by atoms with Crippen molar-refractivity contribution in [2.75, 3.05) is 13.7 Å². The van der Waals surface area contributed by atoms with Crippen molar-refractivity contribution in [1.29, 1.82) is 5.26 Å². The van der Waals surface area contributed by atoms with Crippen LogP contribution in [0, 0.1) is 11.3 Å². The molecule has 0 saturated heterocycles. The number of aromatic nitrogens is 2. The van der Waals surface area contributed by atoms with Crippen LogP contribution in [0.3, 0.4) is 0 Å². The highest BCUT2D eigenvalue weighted by atomic mass is 16.5. The SMILES string of the molecule is COc1ccc(C#N)cc1CNCCc1ncon1. The molecule has 0 fully saturated rings. The lowest BCUT2D eigenvalue weighted by Crippen LogP contribution is -2.17. The Morgan fingerprint density at radius 1 is 1.47 bits per heavy atom. The fourth-order valence-corrected chi connectivity index (χ4v) is 1.71. The average molecular weight is 258 g/mol. The van der Waals surface area contributed by atoms with Crippen molar-refractivity contribution in [2.24, 2.45) is 0 Å². The largest absolute Gasteiger partial charge is 0.496 e. The maximum atomic E-state index is 8.88. The number of nitrogens with one attached hydrogen (secondary N) is 1. The maximum Gasteiger partial charge on any atom is 0.213 e. The van der Waals surface area contributed by atoms with E-state index in [-0.39, 0.29) is 0 Å². The van der Waals surface area contributed by atoms with Gasteiger partial charge in [-0.2, -0.15) is 10.2 Å². The summed E-state index contributed by atoms with van der Waals surface area (Å²) in [5.74, 6) is 1.44. The summed E-state index contributed by atoms with van der Waals surface area (Å²) in [4.78, 5) is 3.94. The molecule has 0 bridgehead atoms. The number of hydrogen-bond donors (Lipinski definition) is 1. The second-order valence-electron chi connectivity index (χ2n) is 3.91. The Balaban J connectivity index is 1.89. The van der Waals surface area contributed by atoms with Crippen LogP contribution in [-0.2, 0) is 13.0 Å². The second-order valence-corrected chi connectivity index (χ2v) is 3.91. The molecular weight excluding hydrogens is 244 g/mol. The first kappa shape index (κ1) is 13.1. The van der Waals surface area contributed by atoms with Gasteiger partial charge in [-0.25, -0.2) is 0 Å². The third kappa shape index (κ3) is 3.53. The highest BCUT2D eigenvalue weighted by Crippen LogP contribution is 2.19. The third-order valence-electron chi connectivity index (χ3n) is 2.66. The van der Waals surface area contributed by atoms with Crippen molar-refractivity contribution in [3.05, 3.63) is 41.5 Å². The van der Waals surface area contributed by atoms with E-state index in [2.05, 4.69) is 26.0 Å². The molecule has 0 amide bonds. The van der Waals surface area contributed by atoms with Crippen LogP contribution < -0.4 is 10.1 Å². The molecular formula is C13H14N4O2. The molecule has 0 aliphatic carbocycles. The Morgan fingerprint density at radius 2 is 2.37 bits per heavy atom. The van der Waals surface area contributed by atoms with Crippen molar-refractivity contribution < 1.29 is 9.26 Å². The summed E-state index contributed by atoms with van der Waals surface area (Å²) in [5, 5.41) is 15.9. The number of nitrogens with zero attached hydrogens (tertiary/aromatic N) is 3. The average Bonchev–Trinajstić information content (AvgIpc) is 2.96. The molecule has 2 rings (SSSR count). The molecule has 0 aliphatic rings. The zero-order chi connectivity index (χ0) is 13.5. The molecule has 1 aromatic heterocycles. The standard InChI is InChI=1S/C13H14N4O2/c1-18-12-3-2-10(7-14)6-11(12)8-15-5-4-13-16-9-19-17-13/h2-3,6,9,15H,4-5,8H2,1H3. The maximum absolute atomic E-state index is 8.88. The van der Waals surface area contributed by atoms with Gasteiger partial charge in [0.2, 0.25) is 6.39 Å². The summed E-state index contributed by atoms with van der Waals surface area (Å²) < 4.78 is 9.91. The summed E-state index contributed by atoms with van der Waals surface area (Å²) in [5.41, 5.74) is 1.57. The number of methoxy groups -OCH3 is 1. The lowest BCUT2D eigenvalue weighted by atomic mass is 10.1. The summed E-state index contributed by atoms with van der Waals surface area (Å²) in [7, 11) is 1.62. The van der Waals surface area contributed by atoms with Gasteiger partial charge in [-0.1, -0.05) is 5.16 Å². The van der Waals surface area contributed by atoms with Crippen LogP contribution in [0.5, 0.6) is 5.75 Å². The first-order chi connectivity index (χ1) is 9.33. The van der Waals surface area contributed by atoms with Gasteiger partial charge in [0.15, 0.2) is 5.82 Å². The smallest absolute Gasteiger partial charge is 0.213 e. The normalized spacial score (nSPS) is 10.1. The molecule has 0 spiro atoms. The minimum Gasteiger partial charge on any atom is -0.496 e. The summed E-state index contributed by atoms with van der Waals surface area (Å²) >= 11 is 0. The first-order valence-electron chi connectivity index (χ1n) is 5.86. The van der Waals surface area contributed by atoms with Gasteiger partial charge in [-0.05, 0) is 18.2 Å². The van der Waals surface area contributed by atoms with Gasteiger partial charge in [0.1, 0.15) is 5.75 Å². The van der Waals surface area contributed by atoms with Gasteiger partial charge >= 0.3 is 0 Å². The van der Waals surface area contributed by atoms with Crippen molar-refractivity contribution in [1.82, 2.24) is 15.5 Å². The van der Waals surface area contributed by atoms with Crippen LogP contribution in [0.15, 0.2) is 29.1 Å². The van der Waals surface area contributed by atoms with Crippen LogP contribution in [0.2, 0.25) is 0 Å². The molecule has 2 aromatic rings. The van der Waals surface area contributed by atoms with E-state index in [1.165, 1.54) is 6.39 Å². The number of hydrogen-bond acceptors (Lipinski definition) is 6. The fourth-order valence-electron chi connectivity index (χ4n) is 1.71. The van der Waals surface area contributed by atoms with Gasteiger partial charge < -0.3 is 14.6 Å². The minimum atomic E-state index is 0.621. The molecule has 0 atom stereocenters. The molecule has 0 saturated carbocycles. The monoisotopic (exact) mass is 258 g/mol. The Labute approximate surface area is 111 Å². The van der Waals surface area contributed by atoms with Crippen molar-refractivity contribution >= 4 is 0 Å².